The summed E-state index contributed by atoms with van der Waals surface area (Å²) in [7, 11) is 0. The third-order valence-electron chi connectivity index (χ3n) is 2.58. The van der Waals surface area contributed by atoms with Crippen molar-refractivity contribution >= 4 is 16.6 Å². The van der Waals surface area contributed by atoms with E-state index in [1.54, 1.807) is 31.2 Å². The summed E-state index contributed by atoms with van der Waals surface area (Å²) >= 11 is 0. The minimum Gasteiger partial charge on any atom is -0.288 e. The van der Waals surface area contributed by atoms with E-state index in [-0.39, 0.29) is 5.56 Å². The lowest BCUT2D eigenvalue weighted by Gasteiger charge is -2.08. The number of carbonyl (C=O) groups excluding carboxylic acids is 1. The quantitative estimate of drug-likeness (QED) is 0.707. The first-order valence-corrected chi connectivity index (χ1v) is 4.92. The lowest BCUT2D eigenvalue weighted by molar-refractivity contribution is 0.0680. The molecule has 2 aromatic carbocycles. The van der Waals surface area contributed by atoms with Crippen LogP contribution in [0.3, 0.4) is 0 Å². The summed E-state index contributed by atoms with van der Waals surface area (Å²) in [6.45, 7) is 1.67. The number of benzene rings is 2. The third kappa shape index (κ3) is 1.69. The standard InChI is InChI=1S/C13H10F2O/c1-8-6-7-9-4-2-3-5-10(9)11(8)12(16)13(14)15/h2-7,13H,1H3. The molecule has 0 aliphatic carbocycles. The summed E-state index contributed by atoms with van der Waals surface area (Å²) in [6, 6.07) is 10.6. The van der Waals surface area contributed by atoms with E-state index in [2.05, 4.69) is 0 Å². The van der Waals surface area contributed by atoms with E-state index in [1.165, 1.54) is 0 Å². The molecule has 1 nitrogen and oxygen atoms in total. The predicted molar refractivity (Wildman–Crippen MR) is 59.0 cm³/mol. The molecule has 2 aromatic rings. The van der Waals surface area contributed by atoms with E-state index < -0.39 is 12.2 Å². The van der Waals surface area contributed by atoms with Crippen molar-refractivity contribution in [2.75, 3.05) is 0 Å². The van der Waals surface area contributed by atoms with Gasteiger partial charge in [-0.05, 0) is 23.3 Å². The van der Waals surface area contributed by atoms with Crippen LogP contribution in [-0.4, -0.2) is 12.2 Å². The zero-order valence-electron chi connectivity index (χ0n) is 8.71. The zero-order chi connectivity index (χ0) is 11.7. The molecule has 0 unspecified atom stereocenters. The summed E-state index contributed by atoms with van der Waals surface area (Å²) in [6.07, 6.45) is -2.95. The van der Waals surface area contributed by atoms with E-state index in [9.17, 15) is 13.6 Å². The van der Waals surface area contributed by atoms with E-state index >= 15 is 0 Å². The van der Waals surface area contributed by atoms with E-state index in [1.807, 2.05) is 12.1 Å². The first-order valence-electron chi connectivity index (χ1n) is 4.92. The molecule has 0 aliphatic rings. The summed E-state index contributed by atoms with van der Waals surface area (Å²) in [5.41, 5.74) is 0.720. The van der Waals surface area contributed by atoms with Crippen LogP contribution in [0, 0.1) is 6.92 Å². The number of carbonyl (C=O) groups is 1. The molecule has 0 atom stereocenters. The van der Waals surface area contributed by atoms with Gasteiger partial charge in [0.25, 0.3) is 0 Å². The fraction of sp³-hybridized carbons (Fsp3) is 0.154. The van der Waals surface area contributed by atoms with Gasteiger partial charge in [0, 0.05) is 5.56 Å². The maximum Gasteiger partial charge on any atom is 0.300 e. The summed E-state index contributed by atoms with van der Waals surface area (Å²) in [5, 5.41) is 1.39. The van der Waals surface area contributed by atoms with Crippen molar-refractivity contribution in [1.29, 1.82) is 0 Å². The largest absolute Gasteiger partial charge is 0.300 e. The second-order valence-corrected chi connectivity index (χ2v) is 3.64. The van der Waals surface area contributed by atoms with E-state index in [0.717, 1.165) is 5.39 Å². The van der Waals surface area contributed by atoms with Crippen molar-refractivity contribution in [2.24, 2.45) is 0 Å². The van der Waals surface area contributed by atoms with Gasteiger partial charge in [-0.1, -0.05) is 36.4 Å². The number of ketones is 1. The van der Waals surface area contributed by atoms with Crippen molar-refractivity contribution in [3.63, 3.8) is 0 Å². The predicted octanol–water partition coefficient (Wildman–Crippen LogP) is 3.60. The van der Waals surface area contributed by atoms with Crippen LogP contribution < -0.4 is 0 Å². The smallest absolute Gasteiger partial charge is 0.288 e. The van der Waals surface area contributed by atoms with E-state index in [4.69, 9.17) is 0 Å². The Balaban J connectivity index is 2.75. The Labute approximate surface area is 91.7 Å². The highest BCUT2D eigenvalue weighted by Crippen LogP contribution is 2.24. The number of rotatable bonds is 2. The number of hydrogen-bond donors (Lipinski definition) is 0. The van der Waals surface area contributed by atoms with Gasteiger partial charge in [0.15, 0.2) is 0 Å². The number of Topliss-reactive ketones (excluding diaryl/α,β-unsaturated/α-hetero) is 1. The SMILES string of the molecule is Cc1ccc2ccccc2c1C(=O)C(F)F. The van der Waals surface area contributed by atoms with Crippen molar-refractivity contribution in [2.45, 2.75) is 13.3 Å². The Bertz CT molecular complexity index is 547. The molecule has 0 amide bonds. The molecule has 3 heteroatoms. The molecule has 0 radical (unpaired) electrons. The van der Waals surface area contributed by atoms with Crippen LogP contribution in [0.2, 0.25) is 0 Å². The molecular weight excluding hydrogens is 210 g/mol. The van der Waals surface area contributed by atoms with Gasteiger partial charge in [-0.25, -0.2) is 8.78 Å². The van der Waals surface area contributed by atoms with Gasteiger partial charge in [-0.3, -0.25) is 4.79 Å². The molecule has 0 saturated heterocycles. The van der Waals surface area contributed by atoms with Gasteiger partial charge in [0.1, 0.15) is 0 Å². The Morgan fingerprint density at radius 3 is 2.50 bits per heavy atom. The van der Waals surface area contributed by atoms with Gasteiger partial charge < -0.3 is 0 Å². The van der Waals surface area contributed by atoms with Crippen molar-refractivity contribution in [3.05, 3.63) is 47.5 Å². The maximum absolute atomic E-state index is 12.5. The van der Waals surface area contributed by atoms with Gasteiger partial charge in [0.05, 0.1) is 0 Å². The van der Waals surface area contributed by atoms with E-state index in [0.29, 0.717) is 10.9 Å². The maximum atomic E-state index is 12.5. The van der Waals surface area contributed by atoms with Crippen LogP contribution in [0.4, 0.5) is 8.78 Å². The number of hydrogen-bond acceptors (Lipinski definition) is 1. The third-order valence-corrected chi connectivity index (χ3v) is 2.58. The van der Waals surface area contributed by atoms with Crippen LogP contribution in [0.25, 0.3) is 10.8 Å². The lowest BCUT2D eigenvalue weighted by Crippen LogP contribution is -2.12. The highest BCUT2D eigenvalue weighted by Gasteiger charge is 2.21. The molecule has 0 fully saturated rings. The zero-order valence-corrected chi connectivity index (χ0v) is 8.71. The summed E-state index contributed by atoms with van der Waals surface area (Å²) in [4.78, 5) is 11.4. The topological polar surface area (TPSA) is 17.1 Å². The molecule has 0 bridgehead atoms. The van der Waals surface area contributed by atoms with Gasteiger partial charge in [0.2, 0.25) is 5.78 Å². The molecule has 0 aromatic heterocycles. The molecule has 0 saturated carbocycles. The average Bonchev–Trinajstić information content (AvgIpc) is 2.28. The molecular formula is C13H10F2O. The molecule has 0 aliphatic heterocycles. The first-order chi connectivity index (χ1) is 7.61. The number of fused-ring (bicyclic) bond motifs is 1. The number of halogens is 2. The van der Waals surface area contributed by atoms with Crippen LogP contribution >= 0.6 is 0 Å². The molecule has 0 heterocycles. The van der Waals surface area contributed by atoms with Crippen LogP contribution in [-0.2, 0) is 0 Å². The minimum atomic E-state index is -2.95. The monoisotopic (exact) mass is 220 g/mol. The second kappa shape index (κ2) is 4.00. The minimum absolute atomic E-state index is 0.133. The molecule has 16 heavy (non-hydrogen) atoms. The molecule has 0 spiro atoms. The fourth-order valence-corrected chi connectivity index (χ4v) is 1.82. The summed E-state index contributed by atoms with van der Waals surface area (Å²) in [5.74, 6) is -1.10. The van der Waals surface area contributed by atoms with Gasteiger partial charge in [-0.15, -0.1) is 0 Å². The van der Waals surface area contributed by atoms with Crippen LogP contribution in [0.5, 0.6) is 0 Å². The molecule has 82 valence electrons. The van der Waals surface area contributed by atoms with Gasteiger partial charge >= 0.3 is 6.43 Å². The van der Waals surface area contributed by atoms with Crippen molar-refractivity contribution in [1.82, 2.24) is 0 Å². The number of aryl methyl sites for hydroxylation is 1. The second-order valence-electron chi connectivity index (χ2n) is 3.64. The highest BCUT2D eigenvalue weighted by atomic mass is 19.3. The first kappa shape index (κ1) is 10.7. The van der Waals surface area contributed by atoms with Crippen LogP contribution in [0.15, 0.2) is 36.4 Å². The van der Waals surface area contributed by atoms with Crippen LogP contribution in [0.1, 0.15) is 15.9 Å². The Morgan fingerprint density at radius 1 is 1.12 bits per heavy atom. The Morgan fingerprint density at radius 2 is 1.81 bits per heavy atom. The highest BCUT2D eigenvalue weighted by molar-refractivity contribution is 6.10. The van der Waals surface area contributed by atoms with Crippen molar-refractivity contribution in [3.8, 4) is 0 Å². The lowest BCUT2D eigenvalue weighted by atomic mass is 9.97. The van der Waals surface area contributed by atoms with Crippen molar-refractivity contribution < 1.29 is 13.6 Å². The fourth-order valence-electron chi connectivity index (χ4n) is 1.82. The molecule has 0 N–H and O–H groups in total. The Hall–Kier alpha value is -1.77. The van der Waals surface area contributed by atoms with Gasteiger partial charge in [-0.2, -0.15) is 0 Å². The normalized spacial score (nSPS) is 11.0. The molecule has 2 rings (SSSR count). The Kier molecular flexibility index (Phi) is 2.69. The number of alkyl halides is 2. The average molecular weight is 220 g/mol. The summed E-state index contributed by atoms with van der Waals surface area (Å²) < 4.78 is 24.9.